The first-order valence-corrected chi connectivity index (χ1v) is 22.5. The summed E-state index contributed by atoms with van der Waals surface area (Å²) in [6.45, 7) is 4.74. The highest BCUT2D eigenvalue weighted by atomic mass is 14.9. The summed E-state index contributed by atoms with van der Waals surface area (Å²) in [6.07, 6.45) is 0. The van der Waals surface area contributed by atoms with Gasteiger partial charge in [-0.25, -0.2) is 9.97 Å². The van der Waals surface area contributed by atoms with Gasteiger partial charge in [-0.2, -0.15) is 0 Å². The zero-order valence-corrected chi connectivity index (χ0v) is 36.3. The van der Waals surface area contributed by atoms with Crippen molar-refractivity contribution in [3.05, 3.63) is 242 Å². The maximum absolute atomic E-state index is 5.37. The Morgan fingerprint density at radius 1 is 0.292 bits per heavy atom. The predicted molar refractivity (Wildman–Crippen MR) is 273 cm³/mol. The van der Waals surface area contributed by atoms with Crippen LogP contribution in [0.1, 0.15) is 25.0 Å². The van der Waals surface area contributed by atoms with Crippen molar-refractivity contribution in [2.24, 2.45) is 0 Å². The topological polar surface area (TPSA) is 25.8 Å². The molecule has 0 saturated carbocycles. The Morgan fingerprint density at radius 3 is 1.34 bits per heavy atom. The maximum atomic E-state index is 5.37. The molecule has 0 amide bonds. The van der Waals surface area contributed by atoms with Gasteiger partial charge in [0, 0.05) is 22.1 Å². The third kappa shape index (κ3) is 6.65. The summed E-state index contributed by atoms with van der Waals surface area (Å²) in [5.74, 6) is 0.694. The number of benzene rings is 10. The van der Waals surface area contributed by atoms with Crippen LogP contribution in [0.4, 0.5) is 0 Å². The second kappa shape index (κ2) is 15.6. The highest BCUT2D eigenvalue weighted by Crippen LogP contribution is 2.54. The molecule has 10 aromatic carbocycles. The second-order valence-electron chi connectivity index (χ2n) is 17.7. The van der Waals surface area contributed by atoms with E-state index >= 15 is 0 Å². The number of aromatic nitrogens is 2. The van der Waals surface area contributed by atoms with E-state index in [0.717, 1.165) is 38.9 Å². The summed E-state index contributed by atoms with van der Waals surface area (Å²) < 4.78 is 0. The van der Waals surface area contributed by atoms with Crippen molar-refractivity contribution in [3.63, 3.8) is 0 Å². The molecule has 0 spiro atoms. The van der Waals surface area contributed by atoms with E-state index in [1.165, 1.54) is 77.5 Å². The molecule has 0 aliphatic heterocycles. The Labute approximate surface area is 380 Å². The molecule has 0 fully saturated rings. The van der Waals surface area contributed by atoms with E-state index in [-0.39, 0.29) is 5.41 Å². The van der Waals surface area contributed by atoms with E-state index in [1.807, 2.05) is 0 Å². The molecule has 0 radical (unpaired) electrons. The van der Waals surface area contributed by atoms with Crippen LogP contribution in [-0.4, -0.2) is 9.97 Å². The van der Waals surface area contributed by atoms with E-state index in [9.17, 15) is 0 Å². The summed E-state index contributed by atoms with van der Waals surface area (Å²) in [5.41, 5.74) is 19.7. The van der Waals surface area contributed by atoms with E-state index in [4.69, 9.17) is 9.97 Å². The summed E-state index contributed by atoms with van der Waals surface area (Å²) in [7, 11) is 0. The molecule has 0 saturated heterocycles. The molecule has 1 aromatic heterocycles. The molecule has 1 aliphatic rings. The van der Waals surface area contributed by atoms with Crippen LogP contribution in [0, 0.1) is 0 Å². The SMILES string of the molecule is CC1(C)c2cc3ccccc3cc2-c2c(-c3ccccc3-c3ccc(-c4nc(-c5ccc(-c6ccccc6)cc5)cc(-c5ccc(-c6ccccc6)cc5)n4)c4ccccc34)cccc21. The smallest absolute Gasteiger partial charge is 0.161 e. The van der Waals surface area contributed by atoms with E-state index in [0.29, 0.717) is 5.82 Å². The molecule has 65 heavy (non-hydrogen) atoms. The average Bonchev–Trinajstić information content (AvgIpc) is 3.60. The first-order valence-electron chi connectivity index (χ1n) is 22.5. The largest absolute Gasteiger partial charge is 0.228 e. The van der Waals surface area contributed by atoms with Gasteiger partial charge in [0.1, 0.15) is 0 Å². The molecule has 0 unspecified atom stereocenters. The summed E-state index contributed by atoms with van der Waals surface area (Å²) in [5, 5.41) is 4.82. The zero-order valence-electron chi connectivity index (χ0n) is 36.3. The molecular formula is C63H44N2. The van der Waals surface area contributed by atoms with Crippen molar-refractivity contribution in [2.75, 3.05) is 0 Å². The molecule has 11 aromatic rings. The van der Waals surface area contributed by atoms with Crippen molar-refractivity contribution in [2.45, 2.75) is 19.3 Å². The quantitative estimate of drug-likeness (QED) is 0.160. The lowest BCUT2D eigenvalue weighted by molar-refractivity contribution is 0.661. The van der Waals surface area contributed by atoms with Gasteiger partial charge in [0.15, 0.2) is 5.82 Å². The van der Waals surface area contributed by atoms with Crippen LogP contribution in [0.15, 0.2) is 231 Å². The Balaban J connectivity index is 1.00. The summed E-state index contributed by atoms with van der Waals surface area (Å²) >= 11 is 0. The fraction of sp³-hybridized carbons (Fsp3) is 0.0476. The number of fused-ring (bicyclic) bond motifs is 5. The van der Waals surface area contributed by atoms with Gasteiger partial charge in [0.25, 0.3) is 0 Å². The Hall–Kier alpha value is -8.20. The molecule has 2 heteroatoms. The molecular weight excluding hydrogens is 785 g/mol. The molecule has 0 atom stereocenters. The van der Waals surface area contributed by atoms with E-state index < -0.39 is 0 Å². The minimum Gasteiger partial charge on any atom is -0.228 e. The third-order valence-electron chi connectivity index (χ3n) is 13.5. The van der Waals surface area contributed by atoms with Gasteiger partial charge >= 0.3 is 0 Å². The van der Waals surface area contributed by atoms with Gasteiger partial charge in [-0.3, -0.25) is 0 Å². The van der Waals surface area contributed by atoms with Crippen molar-refractivity contribution in [1.82, 2.24) is 9.97 Å². The monoisotopic (exact) mass is 828 g/mol. The van der Waals surface area contributed by atoms with Crippen molar-refractivity contribution < 1.29 is 0 Å². The highest BCUT2D eigenvalue weighted by molar-refractivity contribution is 6.08. The number of hydrogen-bond donors (Lipinski definition) is 0. The lowest BCUT2D eigenvalue weighted by Crippen LogP contribution is -2.14. The van der Waals surface area contributed by atoms with Crippen LogP contribution in [-0.2, 0) is 5.41 Å². The minimum absolute atomic E-state index is 0.130. The Morgan fingerprint density at radius 2 is 0.738 bits per heavy atom. The molecule has 12 rings (SSSR count). The lowest BCUT2D eigenvalue weighted by atomic mass is 9.81. The van der Waals surface area contributed by atoms with E-state index in [1.54, 1.807) is 0 Å². The number of nitrogens with zero attached hydrogens (tertiary/aromatic N) is 2. The molecule has 0 bridgehead atoms. The van der Waals surface area contributed by atoms with Crippen LogP contribution < -0.4 is 0 Å². The van der Waals surface area contributed by atoms with Gasteiger partial charge in [0.05, 0.1) is 11.4 Å². The van der Waals surface area contributed by atoms with Gasteiger partial charge in [0.2, 0.25) is 0 Å². The number of rotatable bonds is 7. The van der Waals surface area contributed by atoms with Crippen molar-refractivity contribution >= 4 is 21.5 Å². The second-order valence-corrected chi connectivity index (χ2v) is 17.7. The van der Waals surface area contributed by atoms with Crippen LogP contribution in [0.3, 0.4) is 0 Å². The molecule has 306 valence electrons. The fourth-order valence-corrected chi connectivity index (χ4v) is 10.2. The summed E-state index contributed by atoms with van der Waals surface area (Å²) in [4.78, 5) is 10.7. The van der Waals surface area contributed by atoms with Gasteiger partial charge in [-0.05, 0) is 113 Å². The predicted octanol–water partition coefficient (Wildman–Crippen LogP) is 16.8. The maximum Gasteiger partial charge on any atom is 0.161 e. The minimum atomic E-state index is -0.130. The molecule has 2 nitrogen and oxygen atoms in total. The lowest BCUT2D eigenvalue weighted by Gasteiger charge is -2.22. The van der Waals surface area contributed by atoms with Crippen molar-refractivity contribution in [1.29, 1.82) is 0 Å². The standard InChI is InChI=1S/C63H44N2/c1-63(2)57-27-15-26-54(61(57)56-38-47-20-9-10-21-48(47)39-58(56)63)51-24-13-11-22-49(51)53-36-37-55(52-25-14-12-23-50(52)53)62-64-59(45-32-28-43(29-33-45)41-16-5-3-6-17-41)40-60(65-62)46-34-30-44(31-35-46)42-18-7-4-8-19-42/h3-40H,1-2H3. The molecule has 1 heterocycles. The third-order valence-corrected chi connectivity index (χ3v) is 13.5. The van der Waals surface area contributed by atoms with Crippen LogP contribution in [0.2, 0.25) is 0 Å². The normalized spacial score (nSPS) is 12.6. The van der Waals surface area contributed by atoms with Gasteiger partial charge in [-0.15, -0.1) is 0 Å². The van der Waals surface area contributed by atoms with Crippen LogP contribution in [0.25, 0.3) is 111 Å². The first-order chi connectivity index (χ1) is 32.0. The van der Waals surface area contributed by atoms with Crippen LogP contribution in [0.5, 0.6) is 0 Å². The zero-order chi connectivity index (χ0) is 43.5. The highest BCUT2D eigenvalue weighted by Gasteiger charge is 2.37. The number of hydrogen-bond acceptors (Lipinski definition) is 2. The average molecular weight is 829 g/mol. The van der Waals surface area contributed by atoms with Gasteiger partial charge in [-0.1, -0.05) is 220 Å². The Bertz CT molecular complexity index is 3490. The molecule has 0 N–H and O–H groups in total. The van der Waals surface area contributed by atoms with Crippen LogP contribution >= 0.6 is 0 Å². The van der Waals surface area contributed by atoms with Crippen molar-refractivity contribution in [3.8, 4) is 89.5 Å². The molecule has 1 aliphatic carbocycles. The van der Waals surface area contributed by atoms with Gasteiger partial charge < -0.3 is 0 Å². The fourth-order valence-electron chi connectivity index (χ4n) is 10.2. The summed E-state index contributed by atoms with van der Waals surface area (Å²) in [6, 6.07) is 83.2. The Kier molecular flexibility index (Phi) is 9.21. The van der Waals surface area contributed by atoms with E-state index in [2.05, 4.69) is 244 Å². The first kappa shape index (κ1) is 38.5.